The van der Waals surface area contributed by atoms with Gasteiger partial charge in [-0.05, 0) is 6.92 Å². The van der Waals surface area contributed by atoms with Crippen molar-refractivity contribution in [2.24, 2.45) is 0 Å². The molecule has 0 aliphatic carbocycles. The second-order valence-electron chi connectivity index (χ2n) is 2.97. The quantitative estimate of drug-likeness (QED) is 0.811. The first kappa shape index (κ1) is 12.5. The lowest BCUT2D eigenvalue weighted by molar-refractivity contribution is -0.169. The van der Waals surface area contributed by atoms with Gasteiger partial charge < -0.3 is 9.73 Å². The van der Waals surface area contributed by atoms with Gasteiger partial charge in [-0.2, -0.15) is 8.78 Å². The zero-order valence-corrected chi connectivity index (χ0v) is 8.14. The minimum atomic E-state index is -4.71. The Bertz CT molecular complexity index is 378. The van der Waals surface area contributed by atoms with Crippen LogP contribution in [0.5, 0.6) is 0 Å². The fourth-order valence-electron chi connectivity index (χ4n) is 0.856. The van der Waals surface area contributed by atoms with Gasteiger partial charge in [0.1, 0.15) is 5.76 Å². The van der Waals surface area contributed by atoms with Gasteiger partial charge in [0.25, 0.3) is 5.91 Å². The lowest BCUT2D eigenvalue weighted by Crippen LogP contribution is -2.44. The van der Waals surface area contributed by atoms with Crippen molar-refractivity contribution < 1.29 is 26.8 Å². The Hall–Kier alpha value is -1.60. The van der Waals surface area contributed by atoms with Gasteiger partial charge in [0.05, 0.1) is 12.7 Å². The number of amides is 1. The van der Waals surface area contributed by atoms with Crippen molar-refractivity contribution in [3.8, 4) is 0 Å². The molecule has 0 radical (unpaired) electrons. The van der Waals surface area contributed by atoms with Crippen LogP contribution in [0, 0.1) is 6.92 Å². The third-order valence-electron chi connectivity index (χ3n) is 1.65. The van der Waals surface area contributed by atoms with E-state index < -0.39 is 24.8 Å². The predicted molar refractivity (Wildman–Crippen MR) is 44.0 cm³/mol. The summed E-state index contributed by atoms with van der Waals surface area (Å²) in [5.74, 6) is -6.37. The van der Waals surface area contributed by atoms with Gasteiger partial charge in [-0.1, -0.05) is 0 Å². The molecule has 16 heavy (non-hydrogen) atoms. The molecule has 1 aromatic heterocycles. The highest BCUT2D eigenvalue weighted by atomic mass is 19.3. The number of hydrogen-bond donors (Lipinski definition) is 1. The Kier molecular flexibility index (Phi) is 3.51. The van der Waals surface area contributed by atoms with E-state index in [4.69, 9.17) is 4.42 Å². The summed E-state index contributed by atoms with van der Waals surface area (Å²) in [6, 6.07) is 0. The van der Waals surface area contributed by atoms with E-state index in [9.17, 15) is 22.4 Å². The lowest BCUT2D eigenvalue weighted by Gasteiger charge is -2.13. The van der Waals surface area contributed by atoms with Gasteiger partial charge in [0.15, 0.2) is 0 Å². The highest BCUT2D eigenvalue weighted by Crippen LogP contribution is 2.22. The van der Waals surface area contributed by atoms with Gasteiger partial charge >= 0.3 is 12.3 Å². The zero-order valence-electron chi connectivity index (χ0n) is 8.14. The first-order chi connectivity index (χ1) is 7.34. The molecule has 1 N–H and O–H groups in total. The SMILES string of the molecule is Cc1cnc(CNC(=O)C(F)(F)C(F)F)o1. The Labute approximate surface area is 87.6 Å². The van der Waals surface area contributed by atoms with Gasteiger partial charge in [0, 0.05) is 0 Å². The zero-order chi connectivity index (χ0) is 12.3. The summed E-state index contributed by atoms with van der Waals surface area (Å²) in [6.07, 6.45) is -2.73. The largest absolute Gasteiger partial charge is 0.444 e. The van der Waals surface area contributed by atoms with Crippen LogP contribution in [0.15, 0.2) is 10.6 Å². The van der Waals surface area contributed by atoms with Crippen LogP contribution in [0.1, 0.15) is 11.7 Å². The molecule has 0 saturated heterocycles. The minimum absolute atomic E-state index is 0.0316. The molecular formula is C8H8F4N2O2. The standard InChI is InChI=1S/C8H8F4N2O2/c1-4-2-13-5(16-4)3-14-7(15)8(11,12)6(9)10/h2,6H,3H2,1H3,(H,14,15). The predicted octanol–water partition coefficient (Wildman–Crippen LogP) is 1.50. The normalized spacial score (nSPS) is 11.9. The molecule has 4 nitrogen and oxygen atoms in total. The third kappa shape index (κ3) is 2.71. The summed E-state index contributed by atoms with van der Waals surface area (Å²) in [4.78, 5) is 14.3. The van der Waals surface area contributed by atoms with Gasteiger partial charge in [-0.3, -0.25) is 4.79 Å². The molecule has 0 unspecified atom stereocenters. The summed E-state index contributed by atoms with van der Waals surface area (Å²) in [6.45, 7) is 1.10. The fourth-order valence-corrected chi connectivity index (χ4v) is 0.856. The molecule has 0 saturated carbocycles. The smallest absolute Gasteiger partial charge is 0.383 e. The van der Waals surface area contributed by atoms with Crippen LogP contribution in [-0.2, 0) is 11.3 Å². The molecule has 1 amide bonds. The van der Waals surface area contributed by atoms with Crippen LogP contribution in [0.3, 0.4) is 0 Å². The number of alkyl halides is 4. The second-order valence-corrected chi connectivity index (χ2v) is 2.97. The highest BCUT2D eigenvalue weighted by Gasteiger charge is 2.48. The Morgan fingerprint density at radius 3 is 2.69 bits per heavy atom. The lowest BCUT2D eigenvalue weighted by atomic mass is 10.3. The molecule has 8 heteroatoms. The summed E-state index contributed by atoms with van der Waals surface area (Å²) in [5, 5.41) is 1.61. The molecular weight excluding hydrogens is 232 g/mol. The molecule has 1 rings (SSSR count). The number of nitrogens with one attached hydrogen (secondary N) is 1. The Morgan fingerprint density at radius 2 is 2.25 bits per heavy atom. The van der Waals surface area contributed by atoms with Crippen molar-refractivity contribution in [1.82, 2.24) is 10.3 Å². The maximum absolute atomic E-state index is 12.4. The molecule has 90 valence electrons. The number of halogens is 4. The molecule has 0 fully saturated rings. The number of rotatable bonds is 4. The van der Waals surface area contributed by atoms with E-state index in [0.29, 0.717) is 5.76 Å². The van der Waals surface area contributed by atoms with Crippen LogP contribution in [0.4, 0.5) is 17.6 Å². The van der Waals surface area contributed by atoms with Crippen molar-refractivity contribution in [2.75, 3.05) is 0 Å². The van der Waals surface area contributed by atoms with E-state index in [1.54, 1.807) is 12.2 Å². The maximum atomic E-state index is 12.4. The van der Waals surface area contributed by atoms with E-state index in [1.807, 2.05) is 0 Å². The van der Waals surface area contributed by atoms with Gasteiger partial charge in [0.2, 0.25) is 5.89 Å². The highest BCUT2D eigenvalue weighted by molar-refractivity contribution is 5.83. The van der Waals surface area contributed by atoms with Crippen LogP contribution >= 0.6 is 0 Å². The number of aromatic nitrogens is 1. The van der Waals surface area contributed by atoms with Crippen molar-refractivity contribution in [3.63, 3.8) is 0 Å². The van der Waals surface area contributed by atoms with Crippen LogP contribution in [0.25, 0.3) is 0 Å². The number of carbonyl (C=O) groups excluding carboxylic acids is 1. The van der Waals surface area contributed by atoms with Crippen LogP contribution in [0.2, 0.25) is 0 Å². The van der Waals surface area contributed by atoms with Crippen LogP contribution < -0.4 is 5.32 Å². The molecule has 1 heterocycles. The van der Waals surface area contributed by atoms with Crippen molar-refractivity contribution in [2.45, 2.75) is 25.8 Å². The van der Waals surface area contributed by atoms with Gasteiger partial charge in [-0.15, -0.1) is 0 Å². The fraction of sp³-hybridized carbons (Fsp3) is 0.500. The van der Waals surface area contributed by atoms with E-state index >= 15 is 0 Å². The number of hydrogen-bond acceptors (Lipinski definition) is 3. The molecule has 0 spiro atoms. The average Bonchev–Trinajstić information content (AvgIpc) is 2.60. The third-order valence-corrected chi connectivity index (χ3v) is 1.65. The summed E-state index contributed by atoms with van der Waals surface area (Å²) in [5.41, 5.74) is 0. The van der Waals surface area contributed by atoms with E-state index in [0.717, 1.165) is 0 Å². The Morgan fingerprint density at radius 1 is 1.62 bits per heavy atom. The average molecular weight is 240 g/mol. The van der Waals surface area contributed by atoms with Crippen molar-refractivity contribution >= 4 is 5.91 Å². The molecule has 0 aliphatic heterocycles. The first-order valence-corrected chi connectivity index (χ1v) is 4.19. The second kappa shape index (κ2) is 4.50. The van der Waals surface area contributed by atoms with Crippen LogP contribution in [-0.4, -0.2) is 23.2 Å². The Balaban J connectivity index is 2.53. The topological polar surface area (TPSA) is 55.1 Å². The summed E-state index contributed by atoms with van der Waals surface area (Å²) in [7, 11) is 0. The number of carbonyl (C=O) groups is 1. The molecule has 0 aliphatic rings. The monoisotopic (exact) mass is 240 g/mol. The summed E-state index contributed by atoms with van der Waals surface area (Å²) >= 11 is 0. The molecule has 0 bridgehead atoms. The first-order valence-electron chi connectivity index (χ1n) is 4.19. The van der Waals surface area contributed by atoms with Crippen molar-refractivity contribution in [3.05, 3.63) is 17.8 Å². The van der Waals surface area contributed by atoms with Crippen molar-refractivity contribution in [1.29, 1.82) is 0 Å². The number of aryl methyl sites for hydroxylation is 1. The summed E-state index contributed by atoms with van der Waals surface area (Å²) < 4.78 is 53.2. The molecule has 0 aromatic carbocycles. The van der Waals surface area contributed by atoms with E-state index in [-0.39, 0.29) is 5.89 Å². The number of oxazole rings is 1. The molecule has 1 aromatic rings. The van der Waals surface area contributed by atoms with E-state index in [2.05, 4.69) is 4.98 Å². The van der Waals surface area contributed by atoms with Gasteiger partial charge in [-0.25, -0.2) is 13.8 Å². The maximum Gasteiger partial charge on any atom is 0.383 e. The number of nitrogens with zero attached hydrogens (tertiary/aromatic N) is 1. The minimum Gasteiger partial charge on any atom is -0.444 e. The molecule has 0 atom stereocenters. The van der Waals surface area contributed by atoms with E-state index in [1.165, 1.54) is 6.20 Å².